The second-order valence-electron chi connectivity index (χ2n) is 6.47. The minimum Gasteiger partial charge on any atom is -0.486 e. The molecule has 1 saturated heterocycles. The van der Waals surface area contributed by atoms with Gasteiger partial charge in [-0.1, -0.05) is 6.07 Å². The van der Waals surface area contributed by atoms with Crippen LogP contribution in [0.3, 0.4) is 0 Å². The van der Waals surface area contributed by atoms with Crippen LogP contribution in [0.4, 0.5) is 0 Å². The molecule has 2 aromatic rings. The number of rotatable bonds is 4. The van der Waals surface area contributed by atoms with Crippen molar-refractivity contribution in [2.45, 2.75) is 38.5 Å². The van der Waals surface area contributed by atoms with Crippen molar-refractivity contribution in [3.8, 4) is 11.6 Å². The Labute approximate surface area is 136 Å². The average molecular weight is 314 g/mol. The number of hydrogen-bond acceptors (Lipinski definition) is 5. The molecule has 4 heterocycles. The molecule has 0 aliphatic carbocycles. The Morgan fingerprint density at radius 2 is 2.30 bits per heavy atom. The molecule has 2 atom stereocenters. The minimum absolute atomic E-state index is 0.208. The number of ether oxygens (including phenoxy) is 2. The Balaban J connectivity index is 1.39. The van der Waals surface area contributed by atoms with E-state index in [2.05, 4.69) is 34.0 Å². The molecule has 4 rings (SSSR count). The Morgan fingerprint density at radius 3 is 3.13 bits per heavy atom. The summed E-state index contributed by atoms with van der Waals surface area (Å²) in [4.78, 5) is 7.07. The second kappa shape index (κ2) is 5.85. The Bertz CT molecular complexity index is 700. The van der Waals surface area contributed by atoms with E-state index < -0.39 is 0 Å². The zero-order chi connectivity index (χ0) is 15.8. The molecule has 1 fully saturated rings. The molecule has 2 aromatic heterocycles. The lowest BCUT2D eigenvalue weighted by Crippen LogP contribution is -2.28. The van der Waals surface area contributed by atoms with E-state index in [1.807, 2.05) is 13.2 Å². The van der Waals surface area contributed by atoms with Gasteiger partial charge in [0.1, 0.15) is 6.10 Å². The lowest BCUT2D eigenvalue weighted by atomic mass is 10.2. The Morgan fingerprint density at radius 1 is 1.39 bits per heavy atom. The summed E-state index contributed by atoms with van der Waals surface area (Å²) in [6.07, 6.45) is 5.89. The molecule has 0 unspecified atom stereocenters. The van der Waals surface area contributed by atoms with E-state index in [-0.39, 0.29) is 6.10 Å². The highest BCUT2D eigenvalue weighted by Gasteiger charge is 2.31. The second-order valence-corrected chi connectivity index (χ2v) is 6.47. The van der Waals surface area contributed by atoms with Gasteiger partial charge in [0.2, 0.25) is 5.88 Å². The van der Waals surface area contributed by atoms with Crippen molar-refractivity contribution in [2.75, 3.05) is 13.2 Å². The summed E-state index contributed by atoms with van der Waals surface area (Å²) >= 11 is 0. The maximum atomic E-state index is 6.04. The number of nitrogens with zero attached hydrogens (tertiary/aromatic N) is 4. The fraction of sp³-hybridized carbons (Fsp3) is 0.529. The first-order valence-electron chi connectivity index (χ1n) is 8.18. The van der Waals surface area contributed by atoms with Crippen molar-refractivity contribution in [3.63, 3.8) is 0 Å². The van der Waals surface area contributed by atoms with Crippen molar-refractivity contribution in [1.29, 1.82) is 0 Å². The van der Waals surface area contributed by atoms with Crippen LogP contribution in [0.1, 0.15) is 24.6 Å². The predicted octanol–water partition coefficient (Wildman–Crippen LogP) is 1.79. The number of hydrogen-bond donors (Lipinski definition) is 0. The summed E-state index contributed by atoms with van der Waals surface area (Å²) in [7, 11) is 1.90. The van der Waals surface area contributed by atoms with Gasteiger partial charge in [-0.3, -0.25) is 9.58 Å². The third-order valence-corrected chi connectivity index (χ3v) is 4.62. The van der Waals surface area contributed by atoms with E-state index in [9.17, 15) is 0 Å². The van der Waals surface area contributed by atoms with Gasteiger partial charge >= 0.3 is 0 Å². The third kappa shape index (κ3) is 3.03. The number of aromatic nitrogens is 3. The van der Waals surface area contributed by atoms with Crippen LogP contribution in [0.25, 0.3) is 0 Å². The molecule has 6 nitrogen and oxygen atoms in total. The maximum Gasteiger partial charge on any atom is 0.216 e. The molecular formula is C17H22N4O2. The van der Waals surface area contributed by atoms with Gasteiger partial charge in [0.15, 0.2) is 5.75 Å². The highest BCUT2D eigenvalue weighted by Crippen LogP contribution is 2.26. The molecule has 23 heavy (non-hydrogen) atoms. The smallest absolute Gasteiger partial charge is 0.216 e. The molecule has 0 bridgehead atoms. The van der Waals surface area contributed by atoms with Crippen LogP contribution in [0.2, 0.25) is 0 Å². The van der Waals surface area contributed by atoms with E-state index in [0.717, 1.165) is 49.9 Å². The van der Waals surface area contributed by atoms with Crippen LogP contribution in [-0.2, 0) is 20.0 Å². The van der Waals surface area contributed by atoms with Crippen LogP contribution in [0.15, 0.2) is 24.5 Å². The summed E-state index contributed by atoms with van der Waals surface area (Å²) < 4.78 is 13.4. The van der Waals surface area contributed by atoms with Gasteiger partial charge in [-0.2, -0.15) is 5.10 Å². The highest BCUT2D eigenvalue weighted by atomic mass is 16.5. The van der Waals surface area contributed by atoms with Crippen molar-refractivity contribution < 1.29 is 9.47 Å². The Hall–Kier alpha value is -2.08. The summed E-state index contributed by atoms with van der Waals surface area (Å²) in [5.41, 5.74) is 2.29. The number of fused-ring (bicyclic) bond motifs is 1. The molecule has 0 radical (unpaired) electrons. The van der Waals surface area contributed by atoms with Crippen molar-refractivity contribution in [2.24, 2.45) is 7.05 Å². The number of aryl methyl sites for hydroxylation is 1. The molecule has 0 amide bonds. The predicted molar refractivity (Wildman–Crippen MR) is 85.5 cm³/mol. The molecule has 2 aliphatic heterocycles. The molecule has 0 spiro atoms. The molecule has 0 saturated carbocycles. The van der Waals surface area contributed by atoms with Crippen LogP contribution in [0, 0.1) is 0 Å². The van der Waals surface area contributed by atoms with Gasteiger partial charge < -0.3 is 9.47 Å². The topological polar surface area (TPSA) is 52.4 Å². The summed E-state index contributed by atoms with van der Waals surface area (Å²) in [5, 5.41) is 4.15. The van der Waals surface area contributed by atoms with Crippen LogP contribution >= 0.6 is 0 Å². The van der Waals surface area contributed by atoms with Gasteiger partial charge in [-0.05, 0) is 13.0 Å². The third-order valence-electron chi connectivity index (χ3n) is 4.62. The molecule has 0 N–H and O–H groups in total. The van der Waals surface area contributed by atoms with E-state index in [1.165, 1.54) is 5.56 Å². The van der Waals surface area contributed by atoms with E-state index in [4.69, 9.17) is 9.47 Å². The lowest BCUT2D eigenvalue weighted by Gasteiger charge is -2.20. The molecule has 6 heteroatoms. The van der Waals surface area contributed by atoms with Gasteiger partial charge in [0, 0.05) is 44.6 Å². The highest BCUT2D eigenvalue weighted by molar-refractivity contribution is 5.31. The quantitative estimate of drug-likeness (QED) is 0.861. The molecule has 122 valence electrons. The SMILES string of the molecule is C[C@H]1C[C@@H](Oc2cnn(C)c2)CN1Cc1ccc2c(n1)OCC2. The average Bonchev–Trinajstić information content (AvgIpc) is 3.21. The van der Waals surface area contributed by atoms with Crippen LogP contribution in [-0.4, -0.2) is 45.0 Å². The largest absolute Gasteiger partial charge is 0.486 e. The number of pyridine rings is 1. The first-order valence-corrected chi connectivity index (χ1v) is 8.18. The Kier molecular flexibility index (Phi) is 3.69. The summed E-state index contributed by atoms with van der Waals surface area (Å²) in [5.74, 6) is 1.66. The zero-order valence-electron chi connectivity index (χ0n) is 13.6. The zero-order valence-corrected chi connectivity index (χ0v) is 13.6. The van der Waals surface area contributed by atoms with Crippen molar-refractivity contribution >= 4 is 0 Å². The van der Waals surface area contributed by atoms with Gasteiger partial charge in [0.05, 0.1) is 24.7 Å². The number of likely N-dealkylation sites (tertiary alicyclic amines) is 1. The maximum absolute atomic E-state index is 6.04. The van der Waals surface area contributed by atoms with Gasteiger partial charge in [-0.25, -0.2) is 4.98 Å². The molecule has 2 aliphatic rings. The van der Waals surface area contributed by atoms with Crippen LogP contribution < -0.4 is 9.47 Å². The van der Waals surface area contributed by atoms with Crippen molar-refractivity contribution in [3.05, 3.63) is 35.8 Å². The normalized spacial score (nSPS) is 23.7. The first-order chi connectivity index (χ1) is 11.2. The summed E-state index contributed by atoms with van der Waals surface area (Å²) in [6, 6.07) is 4.75. The van der Waals surface area contributed by atoms with Crippen molar-refractivity contribution in [1.82, 2.24) is 19.7 Å². The van der Waals surface area contributed by atoms with E-state index >= 15 is 0 Å². The summed E-state index contributed by atoms with van der Waals surface area (Å²) in [6.45, 7) is 4.75. The monoisotopic (exact) mass is 314 g/mol. The lowest BCUT2D eigenvalue weighted by molar-refractivity contribution is 0.193. The molecular weight excluding hydrogens is 292 g/mol. The van der Waals surface area contributed by atoms with Gasteiger partial charge in [-0.15, -0.1) is 0 Å². The standard InChI is InChI=1S/C17H22N4O2/c1-12-7-15(23-16-8-18-20(2)10-16)11-21(12)9-14-4-3-13-5-6-22-17(13)19-14/h3-4,8,10,12,15H,5-7,9,11H2,1-2H3/t12-,15+/m0/s1. The van der Waals surface area contributed by atoms with E-state index in [0.29, 0.717) is 6.04 Å². The van der Waals surface area contributed by atoms with Gasteiger partial charge in [0.25, 0.3) is 0 Å². The fourth-order valence-electron chi connectivity index (χ4n) is 3.38. The fourth-order valence-corrected chi connectivity index (χ4v) is 3.38. The first kappa shape index (κ1) is 14.5. The minimum atomic E-state index is 0.208. The molecule has 0 aromatic carbocycles. The van der Waals surface area contributed by atoms with Crippen LogP contribution in [0.5, 0.6) is 11.6 Å². The van der Waals surface area contributed by atoms with E-state index in [1.54, 1.807) is 10.9 Å².